The summed E-state index contributed by atoms with van der Waals surface area (Å²) in [5.74, 6) is 0.961. The summed E-state index contributed by atoms with van der Waals surface area (Å²) in [6, 6.07) is 0. The molecule has 13 heavy (non-hydrogen) atoms. The molecule has 0 aromatic carbocycles. The van der Waals surface area contributed by atoms with Gasteiger partial charge in [0.05, 0.1) is 21.4 Å². The fourth-order valence-corrected chi connectivity index (χ4v) is 2.53. The molecule has 0 bridgehead atoms. The number of pyridine rings is 1. The van der Waals surface area contributed by atoms with E-state index in [2.05, 4.69) is 11.9 Å². The van der Waals surface area contributed by atoms with Gasteiger partial charge in [0.15, 0.2) is 0 Å². The monoisotopic (exact) mass is 235 g/mol. The van der Waals surface area contributed by atoms with Crippen LogP contribution >= 0.6 is 35.0 Å². The lowest BCUT2D eigenvalue weighted by atomic mass is 10.3. The summed E-state index contributed by atoms with van der Waals surface area (Å²) in [5.41, 5.74) is 1.69. The minimum Gasteiger partial charge on any atom is -0.255 e. The molecule has 72 valence electrons. The second-order valence-electron chi connectivity index (χ2n) is 2.67. The molecule has 0 saturated carbocycles. The number of aryl methyl sites for hydroxylation is 2. The summed E-state index contributed by atoms with van der Waals surface area (Å²) in [6.07, 6.45) is 0. The van der Waals surface area contributed by atoms with Crippen molar-refractivity contribution in [1.82, 2.24) is 4.98 Å². The lowest BCUT2D eigenvalue weighted by molar-refractivity contribution is 1.09. The molecule has 1 heterocycles. The Morgan fingerprint density at radius 1 is 1.15 bits per heavy atom. The molecule has 0 fully saturated rings. The van der Waals surface area contributed by atoms with Crippen LogP contribution in [0.15, 0.2) is 4.90 Å². The van der Waals surface area contributed by atoms with E-state index in [-0.39, 0.29) is 0 Å². The molecule has 4 heteroatoms. The van der Waals surface area contributed by atoms with Crippen molar-refractivity contribution in [3.05, 3.63) is 21.4 Å². The van der Waals surface area contributed by atoms with Crippen LogP contribution in [0.25, 0.3) is 0 Å². The topological polar surface area (TPSA) is 12.9 Å². The lowest BCUT2D eigenvalue weighted by Crippen LogP contribution is -1.92. The third-order valence-electron chi connectivity index (χ3n) is 1.66. The van der Waals surface area contributed by atoms with Crippen molar-refractivity contribution in [3.8, 4) is 0 Å². The highest BCUT2D eigenvalue weighted by atomic mass is 35.5. The van der Waals surface area contributed by atoms with Crippen LogP contribution in [0.5, 0.6) is 0 Å². The van der Waals surface area contributed by atoms with Crippen LogP contribution in [0.4, 0.5) is 0 Å². The van der Waals surface area contributed by atoms with Crippen molar-refractivity contribution in [2.45, 2.75) is 25.7 Å². The minimum atomic E-state index is 0.683. The standard InChI is InChI=1S/C9H11Cl2NS/c1-4-13-9-7(10)5(2)12-6(3)8(9)11/h4H2,1-3H3. The van der Waals surface area contributed by atoms with Gasteiger partial charge in [-0.2, -0.15) is 0 Å². The molecule has 0 N–H and O–H groups in total. The molecule has 0 amide bonds. The first-order valence-electron chi connectivity index (χ1n) is 4.03. The highest BCUT2D eigenvalue weighted by Gasteiger charge is 2.12. The molecule has 0 aliphatic rings. The van der Waals surface area contributed by atoms with Crippen molar-refractivity contribution in [2.75, 3.05) is 5.75 Å². The highest BCUT2D eigenvalue weighted by molar-refractivity contribution is 7.99. The zero-order valence-corrected chi connectivity index (χ0v) is 10.1. The molecule has 1 nitrogen and oxygen atoms in total. The molecule has 1 aromatic heterocycles. The molecule has 1 aromatic rings. The van der Waals surface area contributed by atoms with Gasteiger partial charge in [-0.3, -0.25) is 4.98 Å². The van der Waals surface area contributed by atoms with Crippen LogP contribution in [0.2, 0.25) is 10.0 Å². The van der Waals surface area contributed by atoms with Crippen LogP contribution < -0.4 is 0 Å². The smallest absolute Gasteiger partial charge is 0.0769 e. The normalized spacial score (nSPS) is 10.5. The summed E-state index contributed by atoms with van der Waals surface area (Å²) in [7, 11) is 0. The molecular weight excluding hydrogens is 225 g/mol. The maximum atomic E-state index is 6.08. The third-order valence-corrected chi connectivity index (χ3v) is 3.79. The molecule has 0 saturated heterocycles. The van der Waals surface area contributed by atoms with Gasteiger partial charge in [0.1, 0.15) is 0 Å². The van der Waals surface area contributed by atoms with Gasteiger partial charge in [-0.05, 0) is 19.6 Å². The third kappa shape index (κ3) is 2.30. The van der Waals surface area contributed by atoms with Gasteiger partial charge < -0.3 is 0 Å². The highest BCUT2D eigenvalue weighted by Crippen LogP contribution is 2.36. The van der Waals surface area contributed by atoms with E-state index in [1.54, 1.807) is 11.8 Å². The molecule has 0 unspecified atom stereocenters. The summed E-state index contributed by atoms with van der Waals surface area (Å²) in [4.78, 5) is 5.19. The first-order chi connectivity index (χ1) is 6.07. The molecule has 1 rings (SSSR count). The number of halogens is 2. The van der Waals surface area contributed by atoms with Gasteiger partial charge in [-0.1, -0.05) is 30.1 Å². The zero-order chi connectivity index (χ0) is 10.0. The average molecular weight is 236 g/mol. The predicted molar refractivity (Wildman–Crippen MR) is 60.1 cm³/mol. The Morgan fingerprint density at radius 2 is 1.62 bits per heavy atom. The van der Waals surface area contributed by atoms with E-state index in [0.717, 1.165) is 22.0 Å². The largest absolute Gasteiger partial charge is 0.255 e. The fourth-order valence-electron chi connectivity index (χ4n) is 1.05. The van der Waals surface area contributed by atoms with Gasteiger partial charge >= 0.3 is 0 Å². The number of hydrogen-bond acceptors (Lipinski definition) is 2. The SMILES string of the molecule is CCSc1c(Cl)c(C)nc(C)c1Cl. The number of nitrogens with zero attached hydrogens (tertiary/aromatic N) is 1. The van der Waals surface area contributed by atoms with E-state index >= 15 is 0 Å². The Bertz CT molecular complexity index is 300. The molecule has 0 spiro atoms. The fraction of sp³-hybridized carbons (Fsp3) is 0.444. The number of hydrogen-bond donors (Lipinski definition) is 0. The zero-order valence-electron chi connectivity index (χ0n) is 7.82. The van der Waals surface area contributed by atoms with Crippen LogP contribution in [-0.2, 0) is 0 Å². The van der Waals surface area contributed by atoms with Crippen molar-refractivity contribution in [2.24, 2.45) is 0 Å². The van der Waals surface area contributed by atoms with E-state index in [0.29, 0.717) is 10.0 Å². The van der Waals surface area contributed by atoms with E-state index < -0.39 is 0 Å². The Labute approximate surface area is 92.8 Å². The van der Waals surface area contributed by atoms with Crippen molar-refractivity contribution >= 4 is 35.0 Å². The first-order valence-corrected chi connectivity index (χ1v) is 5.77. The van der Waals surface area contributed by atoms with Gasteiger partial charge in [-0.25, -0.2) is 0 Å². The van der Waals surface area contributed by atoms with E-state index in [1.165, 1.54) is 0 Å². The maximum Gasteiger partial charge on any atom is 0.0769 e. The van der Waals surface area contributed by atoms with Gasteiger partial charge in [0.25, 0.3) is 0 Å². The Morgan fingerprint density at radius 3 is 2.00 bits per heavy atom. The van der Waals surface area contributed by atoms with E-state index in [9.17, 15) is 0 Å². The Hall–Kier alpha value is 0.0800. The van der Waals surface area contributed by atoms with Gasteiger partial charge in [0.2, 0.25) is 0 Å². The van der Waals surface area contributed by atoms with Crippen molar-refractivity contribution in [1.29, 1.82) is 0 Å². The van der Waals surface area contributed by atoms with Crippen molar-refractivity contribution < 1.29 is 0 Å². The average Bonchev–Trinajstić information content (AvgIpc) is 2.09. The number of rotatable bonds is 2. The molecular formula is C9H11Cl2NS. The first kappa shape index (κ1) is 11.2. The molecule has 0 atom stereocenters. The van der Waals surface area contributed by atoms with E-state index in [4.69, 9.17) is 23.2 Å². The van der Waals surface area contributed by atoms with Gasteiger partial charge in [-0.15, -0.1) is 11.8 Å². The lowest BCUT2D eigenvalue weighted by Gasteiger charge is -2.09. The molecule has 0 aliphatic carbocycles. The van der Waals surface area contributed by atoms with Crippen LogP contribution in [0.3, 0.4) is 0 Å². The Balaban J connectivity index is 3.28. The summed E-state index contributed by atoms with van der Waals surface area (Å²) >= 11 is 13.8. The van der Waals surface area contributed by atoms with Crippen molar-refractivity contribution in [3.63, 3.8) is 0 Å². The van der Waals surface area contributed by atoms with Crippen LogP contribution in [-0.4, -0.2) is 10.7 Å². The molecule has 0 aliphatic heterocycles. The molecule has 0 radical (unpaired) electrons. The van der Waals surface area contributed by atoms with Crippen LogP contribution in [0.1, 0.15) is 18.3 Å². The van der Waals surface area contributed by atoms with Gasteiger partial charge in [0, 0.05) is 4.90 Å². The second kappa shape index (κ2) is 4.54. The summed E-state index contributed by atoms with van der Waals surface area (Å²) in [6.45, 7) is 5.86. The van der Waals surface area contributed by atoms with Crippen LogP contribution in [0, 0.1) is 13.8 Å². The predicted octanol–water partition coefficient (Wildman–Crippen LogP) is 4.12. The maximum absolute atomic E-state index is 6.08. The van der Waals surface area contributed by atoms with E-state index in [1.807, 2.05) is 13.8 Å². The summed E-state index contributed by atoms with van der Waals surface area (Å²) < 4.78 is 0. The minimum absolute atomic E-state index is 0.683. The second-order valence-corrected chi connectivity index (χ2v) is 4.70. The Kier molecular flexibility index (Phi) is 3.89. The summed E-state index contributed by atoms with van der Waals surface area (Å²) in [5, 5.41) is 1.37. The number of thioether (sulfide) groups is 1. The number of aromatic nitrogens is 1. The quantitative estimate of drug-likeness (QED) is 0.716.